The van der Waals surface area contributed by atoms with Gasteiger partial charge in [0, 0.05) is 22.9 Å². The molecule has 0 aliphatic rings. The largest absolute Gasteiger partial charge is 0.473 e. The van der Waals surface area contributed by atoms with Crippen molar-refractivity contribution in [1.82, 2.24) is 14.9 Å². The molecule has 0 saturated heterocycles. The lowest BCUT2D eigenvalue weighted by atomic mass is 10.1. The van der Waals surface area contributed by atoms with E-state index in [9.17, 15) is 18.7 Å². The van der Waals surface area contributed by atoms with Crippen LogP contribution in [-0.2, 0) is 5.75 Å². The Hall–Kier alpha value is -2.13. The van der Waals surface area contributed by atoms with Gasteiger partial charge in [0.25, 0.3) is 0 Å². The molecule has 1 atom stereocenters. The molecule has 1 aromatic carbocycles. The van der Waals surface area contributed by atoms with Crippen molar-refractivity contribution in [1.29, 1.82) is 0 Å². The van der Waals surface area contributed by atoms with E-state index in [0.29, 0.717) is 0 Å². The van der Waals surface area contributed by atoms with Crippen molar-refractivity contribution >= 4 is 29.5 Å². The molecule has 0 radical (unpaired) electrons. The first kappa shape index (κ1) is 23.2. The molecule has 2 aromatic rings. The van der Waals surface area contributed by atoms with Gasteiger partial charge < -0.3 is 9.84 Å². The summed E-state index contributed by atoms with van der Waals surface area (Å²) in [6.07, 6.45) is -1.56. The fourth-order valence-corrected chi connectivity index (χ4v) is 3.49. The number of carboxylic acid groups (broad SMARTS) is 1. The SMILES string of the molecule is CC(CN(C(=O)O)C(C)(C)C)Oc1cc(Cl)nc(SCc2cccc(F)c2F)n1. The van der Waals surface area contributed by atoms with Crippen LogP contribution in [0.15, 0.2) is 29.4 Å². The highest BCUT2D eigenvalue weighted by Crippen LogP contribution is 2.26. The monoisotopic (exact) mass is 445 g/mol. The highest BCUT2D eigenvalue weighted by molar-refractivity contribution is 7.98. The third-order valence-corrected chi connectivity index (χ3v) is 4.93. The summed E-state index contributed by atoms with van der Waals surface area (Å²) in [6.45, 7) is 7.20. The maximum absolute atomic E-state index is 13.8. The molecule has 1 aromatic heterocycles. The standard InChI is InChI=1S/C19H22ClF2N3O3S/c1-11(9-25(18(26)27)19(2,3)4)28-15-8-14(20)23-17(24-15)29-10-12-6-5-7-13(21)16(12)22/h5-8,11H,9-10H2,1-4H3,(H,26,27). The van der Waals surface area contributed by atoms with Crippen LogP contribution in [-0.4, -0.2) is 44.3 Å². The summed E-state index contributed by atoms with van der Waals surface area (Å²) in [5.41, 5.74) is -0.417. The highest BCUT2D eigenvalue weighted by atomic mass is 35.5. The number of carbonyl (C=O) groups is 1. The van der Waals surface area contributed by atoms with E-state index in [0.717, 1.165) is 17.8 Å². The minimum absolute atomic E-state index is 0.107. The molecule has 158 valence electrons. The van der Waals surface area contributed by atoms with Crippen molar-refractivity contribution < 1.29 is 23.4 Å². The van der Waals surface area contributed by atoms with Crippen molar-refractivity contribution in [2.75, 3.05) is 6.54 Å². The molecule has 0 fully saturated rings. The van der Waals surface area contributed by atoms with E-state index in [4.69, 9.17) is 16.3 Å². The summed E-state index contributed by atoms with van der Waals surface area (Å²) >= 11 is 7.09. The average Bonchev–Trinajstić information content (AvgIpc) is 2.59. The third kappa shape index (κ3) is 6.71. The zero-order valence-corrected chi connectivity index (χ0v) is 18.0. The van der Waals surface area contributed by atoms with Crippen LogP contribution < -0.4 is 4.74 Å². The van der Waals surface area contributed by atoms with Crippen LogP contribution in [0.2, 0.25) is 5.15 Å². The summed E-state index contributed by atoms with van der Waals surface area (Å²) in [5, 5.41) is 9.75. The molecule has 0 aliphatic heterocycles. The lowest BCUT2D eigenvalue weighted by Gasteiger charge is -2.34. The normalized spacial score (nSPS) is 12.5. The maximum atomic E-state index is 13.8. The van der Waals surface area contributed by atoms with Gasteiger partial charge in [-0.15, -0.1) is 0 Å². The average molecular weight is 446 g/mol. The lowest BCUT2D eigenvalue weighted by molar-refractivity contribution is 0.0680. The van der Waals surface area contributed by atoms with Gasteiger partial charge in [-0.2, -0.15) is 4.98 Å². The smallest absolute Gasteiger partial charge is 0.407 e. The number of aromatic nitrogens is 2. The fraction of sp³-hybridized carbons (Fsp3) is 0.421. The van der Waals surface area contributed by atoms with Crippen LogP contribution in [0.1, 0.15) is 33.3 Å². The van der Waals surface area contributed by atoms with Crippen molar-refractivity contribution in [2.45, 2.75) is 50.2 Å². The van der Waals surface area contributed by atoms with Crippen molar-refractivity contribution in [2.24, 2.45) is 0 Å². The fourth-order valence-electron chi connectivity index (χ4n) is 2.44. The Morgan fingerprint density at radius 2 is 2.03 bits per heavy atom. The number of amides is 1. The summed E-state index contributed by atoms with van der Waals surface area (Å²) in [6, 6.07) is 5.35. The number of rotatable bonds is 7. The number of benzene rings is 1. The van der Waals surface area contributed by atoms with E-state index in [1.165, 1.54) is 23.1 Å². The van der Waals surface area contributed by atoms with Crippen LogP contribution in [0.4, 0.5) is 13.6 Å². The molecule has 1 unspecified atom stereocenters. The van der Waals surface area contributed by atoms with Crippen molar-refractivity contribution in [3.8, 4) is 5.88 Å². The van der Waals surface area contributed by atoms with Crippen molar-refractivity contribution in [3.05, 3.63) is 46.6 Å². The molecular weight excluding hydrogens is 424 g/mol. The van der Waals surface area contributed by atoms with Crippen LogP contribution in [0.3, 0.4) is 0 Å². The molecule has 10 heteroatoms. The summed E-state index contributed by atoms with van der Waals surface area (Å²) in [5.74, 6) is -1.56. The maximum Gasteiger partial charge on any atom is 0.407 e. The van der Waals surface area contributed by atoms with E-state index in [-0.39, 0.29) is 34.1 Å². The number of hydrogen-bond acceptors (Lipinski definition) is 5. The van der Waals surface area contributed by atoms with Crippen LogP contribution >= 0.6 is 23.4 Å². The molecule has 6 nitrogen and oxygen atoms in total. The molecule has 0 saturated carbocycles. The van der Waals surface area contributed by atoms with E-state index in [2.05, 4.69) is 9.97 Å². The van der Waals surface area contributed by atoms with Gasteiger partial charge in [0.1, 0.15) is 11.3 Å². The highest BCUT2D eigenvalue weighted by Gasteiger charge is 2.28. The molecule has 29 heavy (non-hydrogen) atoms. The Bertz CT molecular complexity index is 880. The molecule has 0 aliphatic carbocycles. The van der Waals surface area contributed by atoms with Crippen molar-refractivity contribution in [3.63, 3.8) is 0 Å². The number of ether oxygens (including phenoxy) is 1. The first-order valence-electron chi connectivity index (χ1n) is 8.75. The Balaban J connectivity index is 2.08. The van der Waals surface area contributed by atoms with Crippen LogP contribution in [0, 0.1) is 11.6 Å². The molecule has 0 spiro atoms. The van der Waals surface area contributed by atoms with E-state index in [1.807, 2.05) is 0 Å². The number of nitrogens with zero attached hydrogens (tertiary/aromatic N) is 3. The van der Waals surface area contributed by atoms with Gasteiger partial charge in [0.2, 0.25) is 5.88 Å². The Kier molecular flexibility index (Phi) is 7.65. The third-order valence-electron chi connectivity index (χ3n) is 3.84. The second-order valence-corrected chi connectivity index (χ2v) is 8.64. The molecule has 1 N–H and O–H groups in total. The quantitative estimate of drug-likeness (QED) is 0.356. The van der Waals surface area contributed by atoms with E-state index < -0.39 is 29.4 Å². The summed E-state index contributed by atoms with van der Waals surface area (Å²) in [4.78, 5) is 21.0. The predicted molar refractivity (Wildman–Crippen MR) is 108 cm³/mol. The first-order chi connectivity index (χ1) is 13.5. The number of hydrogen-bond donors (Lipinski definition) is 1. The van der Waals surface area contributed by atoms with Crippen LogP contribution in [0.5, 0.6) is 5.88 Å². The minimum atomic E-state index is -1.05. The van der Waals surface area contributed by atoms with E-state index >= 15 is 0 Å². The van der Waals surface area contributed by atoms with Gasteiger partial charge in [0.15, 0.2) is 16.8 Å². The van der Waals surface area contributed by atoms with Crippen LogP contribution in [0.25, 0.3) is 0 Å². The predicted octanol–water partition coefficient (Wildman–Crippen LogP) is 5.25. The molecule has 1 heterocycles. The van der Waals surface area contributed by atoms with Gasteiger partial charge in [-0.3, -0.25) is 4.90 Å². The number of thioether (sulfide) groups is 1. The van der Waals surface area contributed by atoms with Gasteiger partial charge in [0.05, 0.1) is 6.54 Å². The lowest BCUT2D eigenvalue weighted by Crippen LogP contribution is -2.49. The van der Waals surface area contributed by atoms with E-state index in [1.54, 1.807) is 27.7 Å². The molecular formula is C19H22ClF2N3O3S. The second-order valence-electron chi connectivity index (χ2n) is 7.31. The first-order valence-corrected chi connectivity index (χ1v) is 10.1. The zero-order valence-electron chi connectivity index (χ0n) is 16.4. The molecule has 1 amide bonds. The zero-order chi connectivity index (χ0) is 21.8. The topological polar surface area (TPSA) is 75.6 Å². The Morgan fingerprint density at radius 3 is 2.66 bits per heavy atom. The number of halogens is 3. The van der Waals surface area contributed by atoms with Gasteiger partial charge in [-0.25, -0.2) is 18.6 Å². The molecule has 0 bridgehead atoms. The molecule has 2 rings (SSSR count). The minimum Gasteiger partial charge on any atom is -0.473 e. The Labute approximate surface area is 177 Å². The summed E-state index contributed by atoms with van der Waals surface area (Å²) in [7, 11) is 0. The Morgan fingerprint density at radius 1 is 1.34 bits per heavy atom. The van der Waals surface area contributed by atoms with Gasteiger partial charge in [-0.1, -0.05) is 35.5 Å². The van der Waals surface area contributed by atoms with Gasteiger partial charge >= 0.3 is 6.09 Å². The summed E-state index contributed by atoms with van der Waals surface area (Å²) < 4.78 is 32.8. The van der Waals surface area contributed by atoms with Gasteiger partial charge in [-0.05, 0) is 33.8 Å². The second kappa shape index (κ2) is 9.58.